The highest BCUT2D eigenvalue weighted by Crippen LogP contribution is 2.27. The molecule has 1 heterocycles. The largest absolute Gasteiger partial charge is 0.324 e. The molecule has 0 saturated carbocycles. The first-order valence-electron chi connectivity index (χ1n) is 7.61. The minimum Gasteiger partial charge on any atom is -0.324 e. The third-order valence-corrected chi connectivity index (χ3v) is 3.97. The fraction of sp³-hybridized carbons (Fsp3) is 0.471. The molecule has 0 saturated heterocycles. The Morgan fingerprint density at radius 2 is 1.95 bits per heavy atom. The van der Waals surface area contributed by atoms with Crippen LogP contribution in [0.25, 0.3) is 5.69 Å². The van der Waals surface area contributed by atoms with Gasteiger partial charge in [-0.1, -0.05) is 51.3 Å². The molecular formula is C17H25N3. The van der Waals surface area contributed by atoms with Crippen molar-refractivity contribution >= 4 is 0 Å². The van der Waals surface area contributed by atoms with E-state index in [2.05, 4.69) is 37.3 Å². The number of nitrogens with two attached hydrogens (primary N) is 1. The molecule has 0 aliphatic rings. The predicted octanol–water partition coefficient (Wildman–Crippen LogP) is 4.09. The maximum atomic E-state index is 6.43. The van der Waals surface area contributed by atoms with Crippen molar-refractivity contribution in [3.8, 4) is 5.69 Å². The van der Waals surface area contributed by atoms with E-state index >= 15 is 0 Å². The second-order valence-corrected chi connectivity index (χ2v) is 5.39. The molecule has 2 unspecified atom stereocenters. The van der Waals surface area contributed by atoms with Gasteiger partial charge in [0, 0.05) is 17.8 Å². The molecule has 108 valence electrons. The summed E-state index contributed by atoms with van der Waals surface area (Å²) in [5.74, 6) is 0.545. The van der Waals surface area contributed by atoms with E-state index in [1.54, 1.807) is 0 Å². The lowest BCUT2D eigenvalue weighted by atomic mass is 9.89. The van der Waals surface area contributed by atoms with Crippen LogP contribution in [0.15, 0.2) is 42.7 Å². The molecule has 20 heavy (non-hydrogen) atoms. The van der Waals surface area contributed by atoms with E-state index in [4.69, 9.17) is 5.73 Å². The van der Waals surface area contributed by atoms with Gasteiger partial charge in [-0.15, -0.1) is 0 Å². The third kappa shape index (κ3) is 3.48. The van der Waals surface area contributed by atoms with Crippen LogP contribution in [-0.4, -0.2) is 9.78 Å². The Morgan fingerprint density at radius 3 is 2.60 bits per heavy atom. The SMILES string of the molecule is CCCCC(CC)C(N)c1cnn(-c2ccccc2)c1. The normalized spacial score (nSPS) is 14.2. The van der Waals surface area contributed by atoms with Gasteiger partial charge in [-0.3, -0.25) is 0 Å². The minimum atomic E-state index is 0.0870. The van der Waals surface area contributed by atoms with Gasteiger partial charge < -0.3 is 5.73 Å². The molecule has 0 aliphatic carbocycles. The molecule has 2 atom stereocenters. The van der Waals surface area contributed by atoms with E-state index in [-0.39, 0.29) is 6.04 Å². The van der Waals surface area contributed by atoms with Crippen LogP contribution in [-0.2, 0) is 0 Å². The molecule has 0 aliphatic heterocycles. The highest BCUT2D eigenvalue weighted by Gasteiger charge is 2.19. The van der Waals surface area contributed by atoms with Crippen molar-refractivity contribution in [2.75, 3.05) is 0 Å². The molecule has 0 bridgehead atoms. The Labute approximate surface area is 121 Å². The van der Waals surface area contributed by atoms with Gasteiger partial charge in [0.1, 0.15) is 0 Å². The van der Waals surface area contributed by atoms with Crippen molar-refractivity contribution in [1.29, 1.82) is 0 Å². The molecule has 1 aromatic carbocycles. The molecular weight excluding hydrogens is 246 g/mol. The first-order valence-corrected chi connectivity index (χ1v) is 7.61. The molecule has 2 N–H and O–H groups in total. The summed E-state index contributed by atoms with van der Waals surface area (Å²) in [4.78, 5) is 0. The van der Waals surface area contributed by atoms with Gasteiger partial charge in [-0.2, -0.15) is 5.10 Å². The summed E-state index contributed by atoms with van der Waals surface area (Å²) in [5, 5.41) is 4.44. The number of nitrogens with zero attached hydrogens (tertiary/aromatic N) is 2. The summed E-state index contributed by atoms with van der Waals surface area (Å²) < 4.78 is 1.90. The van der Waals surface area contributed by atoms with Crippen molar-refractivity contribution < 1.29 is 0 Å². The van der Waals surface area contributed by atoms with Crippen LogP contribution in [0.4, 0.5) is 0 Å². The first kappa shape index (κ1) is 14.8. The molecule has 2 rings (SSSR count). The van der Waals surface area contributed by atoms with Crippen molar-refractivity contribution in [1.82, 2.24) is 9.78 Å². The maximum absolute atomic E-state index is 6.43. The number of aromatic nitrogens is 2. The van der Waals surface area contributed by atoms with Crippen LogP contribution in [0.5, 0.6) is 0 Å². The van der Waals surface area contributed by atoms with E-state index in [9.17, 15) is 0 Å². The van der Waals surface area contributed by atoms with Crippen molar-refractivity contribution in [3.05, 3.63) is 48.3 Å². The van der Waals surface area contributed by atoms with Gasteiger partial charge >= 0.3 is 0 Å². The van der Waals surface area contributed by atoms with Crippen molar-refractivity contribution in [3.63, 3.8) is 0 Å². The summed E-state index contributed by atoms with van der Waals surface area (Å²) in [6, 6.07) is 10.2. The second kappa shape index (κ2) is 7.25. The van der Waals surface area contributed by atoms with Crippen molar-refractivity contribution in [2.45, 2.75) is 45.6 Å². The summed E-state index contributed by atoms with van der Waals surface area (Å²) in [6.45, 7) is 4.45. The fourth-order valence-corrected chi connectivity index (χ4v) is 2.61. The van der Waals surface area contributed by atoms with Gasteiger partial charge in [0.25, 0.3) is 0 Å². The lowest BCUT2D eigenvalue weighted by Crippen LogP contribution is -2.20. The first-order chi connectivity index (χ1) is 9.76. The number of hydrogen-bond donors (Lipinski definition) is 1. The van der Waals surface area contributed by atoms with Gasteiger partial charge in [0.2, 0.25) is 0 Å². The van der Waals surface area contributed by atoms with E-state index in [0.717, 1.165) is 17.7 Å². The van der Waals surface area contributed by atoms with E-state index < -0.39 is 0 Å². The molecule has 0 spiro atoms. The highest BCUT2D eigenvalue weighted by molar-refractivity contribution is 5.31. The lowest BCUT2D eigenvalue weighted by molar-refractivity contribution is 0.378. The number of para-hydroxylation sites is 1. The summed E-state index contributed by atoms with van der Waals surface area (Å²) in [6.07, 6.45) is 8.77. The van der Waals surface area contributed by atoms with E-state index in [1.165, 1.54) is 19.3 Å². The monoisotopic (exact) mass is 271 g/mol. The van der Waals surface area contributed by atoms with Gasteiger partial charge in [-0.25, -0.2) is 4.68 Å². The number of unbranched alkanes of at least 4 members (excludes halogenated alkanes) is 1. The molecule has 1 aromatic heterocycles. The Kier molecular flexibility index (Phi) is 5.36. The zero-order valence-electron chi connectivity index (χ0n) is 12.5. The summed E-state index contributed by atoms with van der Waals surface area (Å²) in [5.41, 5.74) is 8.64. The average molecular weight is 271 g/mol. The van der Waals surface area contributed by atoms with Crippen molar-refractivity contribution in [2.24, 2.45) is 11.7 Å². The third-order valence-electron chi connectivity index (χ3n) is 3.97. The summed E-state index contributed by atoms with van der Waals surface area (Å²) >= 11 is 0. The Hall–Kier alpha value is -1.61. The van der Waals surface area contributed by atoms with E-state index in [1.807, 2.05) is 29.1 Å². The maximum Gasteiger partial charge on any atom is 0.0645 e. The lowest BCUT2D eigenvalue weighted by Gasteiger charge is -2.21. The number of hydrogen-bond acceptors (Lipinski definition) is 2. The quantitative estimate of drug-likeness (QED) is 0.824. The standard InChI is InChI=1S/C17H25N3/c1-3-5-9-14(4-2)17(18)15-12-19-20(13-15)16-10-7-6-8-11-16/h6-8,10-14,17H,3-5,9,18H2,1-2H3. The molecule has 0 radical (unpaired) electrons. The van der Waals surface area contributed by atoms with Gasteiger partial charge in [-0.05, 0) is 24.5 Å². The fourth-order valence-electron chi connectivity index (χ4n) is 2.61. The highest BCUT2D eigenvalue weighted by atomic mass is 15.3. The molecule has 3 heteroatoms. The van der Waals surface area contributed by atoms with Crippen LogP contribution in [0.1, 0.15) is 51.1 Å². The molecule has 0 fully saturated rings. The number of rotatable bonds is 7. The minimum absolute atomic E-state index is 0.0870. The van der Waals surface area contributed by atoms with Crippen LogP contribution in [0.2, 0.25) is 0 Å². The molecule has 2 aromatic rings. The average Bonchev–Trinajstić information content (AvgIpc) is 2.98. The topological polar surface area (TPSA) is 43.8 Å². The van der Waals surface area contributed by atoms with Gasteiger partial charge in [0.15, 0.2) is 0 Å². The molecule has 3 nitrogen and oxygen atoms in total. The van der Waals surface area contributed by atoms with Crippen LogP contribution in [0.3, 0.4) is 0 Å². The van der Waals surface area contributed by atoms with Crippen LogP contribution < -0.4 is 5.73 Å². The smallest absolute Gasteiger partial charge is 0.0645 e. The second-order valence-electron chi connectivity index (χ2n) is 5.39. The Morgan fingerprint density at radius 1 is 1.20 bits per heavy atom. The summed E-state index contributed by atoms with van der Waals surface area (Å²) in [7, 11) is 0. The zero-order chi connectivity index (χ0) is 14.4. The van der Waals surface area contributed by atoms with Gasteiger partial charge in [0.05, 0.1) is 11.9 Å². The Balaban J connectivity index is 2.11. The van der Waals surface area contributed by atoms with Crippen LogP contribution >= 0.6 is 0 Å². The number of benzene rings is 1. The van der Waals surface area contributed by atoms with Crippen LogP contribution in [0, 0.1) is 5.92 Å². The molecule has 0 amide bonds. The zero-order valence-corrected chi connectivity index (χ0v) is 12.5. The Bertz CT molecular complexity index is 504. The predicted molar refractivity (Wildman–Crippen MR) is 83.8 cm³/mol. The van der Waals surface area contributed by atoms with E-state index in [0.29, 0.717) is 5.92 Å².